The van der Waals surface area contributed by atoms with Gasteiger partial charge in [-0.1, -0.05) is 0 Å². The van der Waals surface area contributed by atoms with Crippen LogP contribution >= 0.6 is 0 Å². The lowest BCUT2D eigenvalue weighted by molar-refractivity contribution is 0.100. The Balaban J connectivity index is 2.10. The molecule has 0 radical (unpaired) electrons. The number of piperidine rings is 1. The van der Waals surface area contributed by atoms with Gasteiger partial charge >= 0.3 is 0 Å². The highest BCUT2D eigenvalue weighted by molar-refractivity contribution is 5.95. The number of nitriles is 1. The first-order valence-corrected chi connectivity index (χ1v) is 7.53. The molecule has 1 aliphatic rings. The number of hydrogen-bond donors (Lipinski definition) is 0. The fourth-order valence-corrected chi connectivity index (χ4v) is 2.73. The Morgan fingerprint density at radius 2 is 2.14 bits per heavy atom. The summed E-state index contributed by atoms with van der Waals surface area (Å²) in [6.45, 7) is 6.98. The second-order valence-corrected chi connectivity index (χ2v) is 5.49. The molecule has 0 amide bonds. The van der Waals surface area contributed by atoms with Gasteiger partial charge in [-0.3, -0.25) is 4.79 Å². The predicted molar refractivity (Wildman–Crippen MR) is 82.6 cm³/mol. The van der Waals surface area contributed by atoms with E-state index in [0.717, 1.165) is 44.8 Å². The maximum Gasteiger partial charge on any atom is 0.159 e. The topological polar surface area (TPSA) is 53.3 Å². The van der Waals surface area contributed by atoms with Gasteiger partial charge in [0.05, 0.1) is 11.3 Å². The lowest BCUT2D eigenvalue weighted by atomic mass is 9.96. The van der Waals surface area contributed by atoms with Crippen LogP contribution < -0.4 is 4.90 Å². The number of carbonyl (C=O) groups excluding carboxylic acids is 1. The molecule has 4 nitrogen and oxygen atoms in total. The van der Waals surface area contributed by atoms with Crippen LogP contribution in [-0.2, 0) is 4.74 Å². The monoisotopic (exact) mass is 286 g/mol. The fraction of sp³-hybridized carbons (Fsp3) is 0.529. The van der Waals surface area contributed by atoms with Crippen LogP contribution in [0.5, 0.6) is 0 Å². The highest BCUT2D eigenvalue weighted by atomic mass is 16.5. The minimum atomic E-state index is 0.0342. The Hall–Kier alpha value is -1.86. The number of ketones is 1. The van der Waals surface area contributed by atoms with Gasteiger partial charge in [0.15, 0.2) is 5.78 Å². The van der Waals surface area contributed by atoms with Gasteiger partial charge in [0, 0.05) is 31.9 Å². The van der Waals surface area contributed by atoms with E-state index in [2.05, 4.69) is 11.0 Å². The van der Waals surface area contributed by atoms with E-state index < -0.39 is 0 Å². The first-order valence-electron chi connectivity index (χ1n) is 7.53. The maximum absolute atomic E-state index is 11.5. The molecule has 1 aliphatic heterocycles. The number of carbonyl (C=O) groups is 1. The van der Waals surface area contributed by atoms with Crippen molar-refractivity contribution in [2.75, 3.05) is 31.2 Å². The van der Waals surface area contributed by atoms with Crippen molar-refractivity contribution in [3.63, 3.8) is 0 Å². The molecule has 4 heteroatoms. The van der Waals surface area contributed by atoms with Gasteiger partial charge < -0.3 is 9.64 Å². The average molecular weight is 286 g/mol. The maximum atomic E-state index is 11.5. The number of rotatable bonds is 5. The van der Waals surface area contributed by atoms with Crippen LogP contribution in [0.4, 0.5) is 5.69 Å². The highest BCUT2D eigenvalue weighted by Gasteiger charge is 2.21. The molecule has 1 saturated heterocycles. The van der Waals surface area contributed by atoms with Crippen molar-refractivity contribution in [1.82, 2.24) is 0 Å². The molecule has 21 heavy (non-hydrogen) atoms. The molecule has 1 aromatic rings. The SMILES string of the molecule is CCOCC1CCN(c2cc(C(C)=O)ccc2C#N)CC1. The van der Waals surface area contributed by atoms with Gasteiger partial charge in [0.1, 0.15) is 6.07 Å². The van der Waals surface area contributed by atoms with Crippen LogP contribution in [-0.4, -0.2) is 32.1 Å². The molecule has 0 unspecified atom stereocenters. The van der Waals surface area contributed by atoms with E-state index in [0.29, 0.717) is 17.0 Å². The number of hydrogen-bond acceptors (Lipinski definition) is 4. The zero-order chi connectivity index (χ0) is 15.2. The Labute approximate surface area is 126 Å². The van der Waals surface area contributed by atoms with E-state index in [-0.39, 0.29) is 5.78 Å². The minimum Gasteiger partial charge on any atom is -0.381 e. The van der Waals surface area contributed by atoms with E-state index >= 15 is 0 Å². The van der Waals surface area contributed by atoms with E-state index in [9.17, 15) is 10.1 Å². The fourth-order valence-electron chi connectivity index (χ4n) is 2.73. The zero-order valence-electron chi connectivity index (χ0n) is 12.8. The third kappa shape index (κ3) is 3.83. The summed E-state index contributed by atoms with van der Waals surface area (Å²) < 4.78 is 5.49. The molecule has 112 valence electrons. The zero-order valence-corrected chi connectivity index (χ0v) is 12.8. The molecule has 0 N–H and O–H groups in total. The van der Waals surface area contributed by atoms with Crippen molar-refractivity contribution in [3.05, 3.63) is 29.3 Å². The van der Waals surface area contributed by atoms with Crippen molar-refractivity contribution < 1.29 is 9.53 Å². The van der Waals surface area contributed by atoms with Crippen molar-refractivity contribution >= 4 is 11.5 Å². The summed E-state index contributed by atoms with van der Waals surface area (Å²) in [6, 6.07) is 7.55. The van der Waals surface area contributed by atoms with Crippen molar-refractivity contribution in [2.24, 2.45) is 5.92 Å². The van der Waals surface area contributed by atoms with Gasteiger partial charge in [0.25, 0.3) is 0 Å². The molecular formula is C17H22N2O2. The highest BCUT2D eigenvalue weighted by Crippen LogP contribution is 2.27. The molecule has 1 fully saturated rings. The molecule has 0 saturated carbocycles. The lowest BCUT2D eigenvalue weighted by Crippen LogP contribution is -2.35. The van der Waals surface area contributed by atoms with Gasteiger partial charge in [-0.15, -0.1) is 0 Å². The summed E-state index contributed by atoms with van der Waals surface area (Å²) in [7, 11) is 0. The van der Waals surface area contributed by atoms with Crippen LogP contribution in [0.3, 0.4) is 0 Å². The molecule has 0 aromatic heterocycles. The molecule has 0 aliphatic carbocycles. The second-order valence-electron chi connectivity index (χ2n) is 5.49. The quantitative estimate of drug-likeness (QED) is 0.781. The number of benzene rings is 1. The third-order valence-electron chi connectivity index (χ3n) is 4.04. The summed E-state index contributed by atoms with van der Waals surface area (Å²) in [5.41, 5.74) is 2.20. The Kier molecular flexibility index (Phi) is 5.35. The van der Waals surface area contributed by atoms with Crippen LogP contribution in [0.25, 0.3) is 0 Å². The third-order valence-corrected chi connectivity index (χ3v) is 4.04. The van der Waals surface area contributed by atoms with E-state index in [1.807, 2.05) is 13.0 Å². The van der Waals surface area contributed by atoms with Crippen LogP contribution in [0, 0.1) is 17.2 Å². The predicted octanol–water partition coefficient (Wildman–Crippen LogP) is 3.01. The van der Waals surface area contributed by atoms with Gasteiger partial charge in [-0.25, -0.2) is 0 Å². The number of Topliss-reactive ketones (excluding diaryl/α,β-unsaturated/α-hetero) is 1. The summed E-state index contributed by atoms with van der Waals surface area (Å²) in [6.07, 6.45) is 2.13. The molecule has 1 aromatic carbocycles. The van der Waals surface area contributed by atoms with E-state index in [1.165, 1.54) is 0 Å². The Morgan fingerprint density at radius 1 is 1.43 bits per heavy atom. The number of ether oxygens (including phenoxy) is 1. The second kappa shape index (κ2) is 7.24. The average Bonchev–Trinajstić information content (AvgIpc) is 2.52. The van der Waals surface area contributed by atoms with Gasteiger partial charge in [0.2, 0.25) is 0 Å². The summed E-state index contributed by atoms with van der Waals surface area (Å²) >= 11 is 0. The Morgan fingerprint density at radius 3 is 2.71 bits per heavy atom. The first-order chi connectivity index (χ1) is 10.2. The standard InChI is InChI=1S/C17H22N2O2/c1-3-21-12-14-6-8-19(9-7-14)17-10-15(13(2)20)4-5-16(17)11-18/h4-5,10,14H,3,6-9,12H2,1-2H3. The first kappa shape index (κ1) is 15.5. The largest absolute Gasteiger partial charge is 0.381 e. The minimum absolute atomic E-state index is 0.0342. The summed E-state index contributed by atoms with van der Waals surface area (Å²) in [5.74, 6) is 0.634. The van der Waals surface area contributed by atoms with Crippen LogP contribution in [0.1, 0.15) is 42.6 Å². The molecule has 0 spiro atoms. The molecule has 2 rings (SSSR count). The molecular weight excluding hydrogens is 264 g/mol. The normalized spacial score (nSPS) is 15.8. The van der Waals surface area contributed by atoms with Crippen LogP contribution in [0.2, 0.25) is 0 Å². The van der Waals surface area contributed by atoms with E-state index in [4.69, 9.17) is 4.74 Å². The lowest BCUT2D eigenvalue weighted by Gasteiger charge is -2.34. The van der Waals surface area contributed by atoms with Crippen LogP contribution in [0.15, 0.2) is 18.2 Å². The smallest absolute Gasteiger partial charge is 0.159 e. The molecule has 0 bridgehead atoms. The molecule has 0 atom stereocenters. The van der Waals surface area contributed by atoms with E-state index in [1.54, 1.807) is 19.1 Å². The van der Waals surface area contributed by atoms with Crippen molar-refractivity contribution in [2.45, 2.75) is 26.7 Å². The van der Waals surface area contributed by atoms with Crippen molar-refractivity contribution in [3.8, 4) is 6.07 Å². The molecule has 1 heterocycles. The number of nitrogens with zero attached hydrogens (tertiary/aromatic N) is 2. The van der Waals surface area contributed by atoms with Gasteiger partial charge in [-0.05, 0) is 50.8 Å². The summed E-state index contributed by atoms with van der Waals surface area (Å²) in [4.78, 5) is 13.7. The Bertz CT molecular complexity index is 540. The number of anilines is 1. The van der Waals surface area contributed by atoms with Gasteiger partial charge in [-0.2, -0.15) is 5.26 Å². The summed E-state index contributed by atoms with van der Waals surface area (Å²) in [5, 5.41) is 9.27. The van der Waals surface area contributed by atoms with Crippen molar-refractivity contribution in [1.29, 1.82) is 5.26 Å².